The molecule has 0 radical (unpaired) electrons. The molecule has 40 heavy (non-hydrogen) atoms. The van der Waals surface area contributed by atoms with Crippen molar-refractivity contribution in [2.45, 2.75) is 38.8 Å². The Bertz CT molecular complexity index is 1460. The first-order chi connectivity index (χ1) is 19.3. The van der Waals surface area contributed by atoms with E-state index in [0.29, 0.717) is 60.9 Å². The fourth-order valence-corrected chi connectivity index (χ4v) is 5.19. The molecule has 3 aromatic carbocycles. The zero-order valence-corrected chi connectivity index (χ0v) is 22.7. The number of nitrogens with zero attached hydrogens (tertiary/aromatic N) is 3. The van der Waals surface area contributed by atoms with Gasteiger partial charge in [0.25, 0.3) is 11.8 Å². The molecular formula is C32H35N5O3. The highest BCUT2D eigenvalue weighted by molar-refractivity contribution is 6.05. The van der Waals surface area contributed by atoms with Crippen LogP contribution >= 0.6 is 0 Å². The number of nitrogen functional groups attached to an aromatic ring is 1. The van der Waals surface area contributed by atoms with Crippen LogP contribution in [0.4, 0.5) is 11.4 Å². The Kier molecular flexibility index (Phi) is 7.98. The van der Waals surface area contributed by atoms with Gasteiger partial charge in [-0.25, -0.2) is 4.99 Å². The highest BCUT2D eigenvalue weighted by atomic mass is 16.3. The van der Waals surface area contributed by atoms with E-state index in [9.17, 15) is 14.7 Å². The van der Waals surface area contributed by atoms with Crippen LogP contribution in [0, 0.1) is 0 Å². The second-order valence-electron chi connectivity index (χ2n) is 10.5. The minimum atomic E-state index is -0.445. The molecule has 2 heterocycles. The van der Waals surface area contributed by atoms with Gasteiger partial charge in [-0.3, -0.25) is 9.59 Å². The Balaban J connectivity index is 1.36. The van der Waals surface area contributed by atoms with Gasteiger partial charge in [-0.2, -0.15) is 0 Å². The maximum absolute atomic E-state index is 13.6. The van der Waals surface area contributed by atoms with Crippen LogP contribution in [-0.2, 0) is 11.3 Å². The molecule has 0 aliphatic carbocycles. The molecule has 0 saturated carbocycles. The number of aliphatic hydroxyl groups excluding tert-OH is 1. The van der Waals surface area contributed by atoms with E-state index in [1.165, 1.54) is 0 Å². The lowest BCUT2D eigenvalue weighted by Crippen LogP contribution is -2.33. The first-order valence-corrected chi connectivity index (χ1v) is 13.7. The van der Waals surface area contributed by atoms with Gasteiger partial charge in [0.15, 0.2) is 0 Å². The fourth-order valence-electron chi connectivity index (χ4n) is 5.19. The highest BCUT2D eigenvalue weighted by Crippen LogP contribution is 2.32. The van der Waals surface area contributed by atoms with Crippen LogP contribution < -0.4 is 11.5 Å². The summed E-state index contributed by atoms with van der Waals surface area (Å²) in [6, 6.07) is 20.9. The van der Waals surface area contributed by atoms with E-state index in [4.69, 9.17) is 11.5 Å². The molecule has 1 saturated heterocycles. The van der Waals surface area contributed by atoms with Crippen molar-refractivity contribution in [3.8, 4) is 11.1 Å². The normalized spacial score (nSPS) is 16.6. The molecule has 2 amide bonds. The molecule has 0 aromatic heterocycles. The van der Waals surface area contributed by atoms with Crippen molar-refractivity contribution in [1.29, 1.82) is 0 Å². The second-order valence-corrected chi connectivity index (χ2v) is 10.5. The fraction of sp³-hybridized carbons (Fsp3) is 0.281. The van der Waals surface area contributed by atoms with Crippen molar-refractivity contribution in [3.05, 3.63) is 89.0 Å². The van der Waals surface area contributed by atoms with Crippen LogP contribution in [0.15, 0.2) is 77.3 Å². The zero-order chi connectivity index (χ0) is 28.2. The topological polar surface area (TPSA) is 125 Å². The minimum Gasteiger partial charge on any atom is -0.399 e. The molecule has 0 unspecified atom stereocenters. The predicted octanol–water partition coefficient (Wildman–Crippen LogP) is 4.36. The first kappa shape index (κ1) is 27.1. The zero-order valence-electron chi connectivity index (χ0n) is 22.7. The number of hydrogen-bond acceptors (Lipinski definition) is 6. The number of likely N-dealkylation sites (tertiary alicyclic amines) is 1. The largest absolute Gasteiger partial charge is 0.399 e. The molecule has 2 aliphatic heterocycles. The number of fused-ring (bicyclic) bond motifs is 1. The number of carbonyl (C=O) groups is 2. The van der Waals surface area contributed by atoms with E-state index in [1.807, 2.05) is 77.7 Å². The van der Waals surface area contributed by atoms with Gasteiger partial charge in [0, 0.05) is 55.0 Å². The van der Waals surface area contributed by atoms with Gasteiger partial charge in [0.2, 0.25) is 0 Å². The van der Waals surface area contributed by atoms with Crippen molar-refractivity contribution < 1.29 is 14.7 Å². The number of hydrogen-bond donors (Lipinski definition) is 3. The number of aliphatic imine (C=N–C) groups is 1. The molecule has 2 aliphatic rings. The molecule has 5 N–H and O–H groups in total. The number of rotatable bonds is 7. The van der Waals surface area contributed by atoms with Crippen molar-refractivity contribution in [3.63, 3.8) is 0 Å². The number of β-amino-alcohol motifs (C(OH)–C–C–N with tert-alkyl or cyclic N) is 1. The maximum atomic E-state index is 13.6. The monoisotopic (exact) mass is 537 g/mol. The number of benzene rings is 3. The molecule has 1 atom stereocenters. The third-order valence-electron chi connectivity index (χ3n) is 7.32. The summed E-state index contributed by atoms with van der Waals surface area (Å²) >= 11 is 0. The number of anilines is 1. The van der Waals surface area contributed by atoms with Gasteiger partial charge < -0.3 is 26.4 Å². The lowest BCUT2D eigenvalue weighted by Gasteiger charge is -2.23. The van der Waals surface area contributed by atoms with E-state index in [-0.39, 0.29) is 18.2 Å². The third kappa shape index (κ3) is 6.07. The summed E-state index contributed by atoms with van der Waals surface area (Å²) in [5.74, 6) is 0.256. The summed E-state index contributed by atoms with van der Waals surface area (Å²) in [4.78, 5) is 34.5. The van der Waals surface area contributed by atoms with Crippen LogP contribution in [0.2, 0.25) is 0 Å². The molecule has 8 heteroatoms. The Hall–Kier alpha value is -4.43. The molecule has 0 spiro atoms. The molecule has 3 aromatic rings. The van der Waals surface area contributed by atoms with Crippen molar-refractivity contribution in [1.82, 2.24) is 9.80 Å². The van der Waals surface area contributed by atoms with Gasteiger partial charge in [-0.05, 0) is 65.9 Å². The molecule has 0 bridgehead atoms. The van der Waals surface area contributed by atoms with Gasteiger partial charge in [0.05, 0.1) is 11.8 Å². The Morgan fingerprint density at radius 1 is 1.02 bits per heavy atom. The van der Waals surface area contributed by atoms with E-state index in [1.54, 1.807) is 4.90 Å². The summed E-state index contributed by atoms with van der Waals surface area (Å²) < 4.78 is 0. The predicted molar refractivity (Wildman–Crippen MR) is 159 cm³/mol. The van der Waals surface area contributed by atoms with E-state index >= 15 is 0 Å². The second kappa shape index (κ2) is 11.8. The smallest absolute Gasteiger partial charge is 0.253 e. The number of amides is 2. The number of amidine groups is 1. The Morgan fingerprint density at radius 2 is 1.75 bits per heavy atom. The lowest BCUT2D eigenvalue weighted by atomic mass is 9.99. The van der Waals surface area contributed by atoms with E-state index in [0.717, 1.165) is 28.7 Å². The molecule has 206 valence electrons. The molecule has 1 fully saturated rings. The van der Waals surface area contributed by atoms with Gasteiger partial charge in [-0.15, -0.1) is 0 Å². The maximum Gasteiger partial charge on any atom is 0.253 e. The minimum absolute atomic E-state index is 0.0560. The highest BCUT2D eigenvalue weighted by Gasteiger charge is 2.25. The standard InChI is InChI=1S/C32H35N5O3/c1-2-14-36(19-21-3-11-27(33)12-4-21)32(40)26-16-25-10-9-24(17-29(25)35-30(34)18-26)22-5-7-23(8-6-22)31(39)37-15-13-28(38)20-37/h3-12,16-17,28,38H,2,13-15,18-20,33H2,1H3,(H2,34,35)/t28-/m1/s1. The summed E-state index contributed by atoms with van der Waals surface area (Å²) in [6.45, 7) is 4.11. The Labute approximate surface area is 234 Å². The van der Waals surface area contributed by atoms with Crippen molar-refractivity contribution in [2.75, 3.05) is 25.4 Å². The van der Waals surface area contributed by atoms with E-state index < -0.39 is 6.10 Å². The van der Waals surface area contributed by atoms with Crippen LogP contribution in [0.25, 0.3) is 17.2 Å². The molecule has 8 nitrogen and oxygen atoms in total. The summed E-state index contributed by atoms with van der Waals surface area (Å²) in [5, 5.41) is 9.75. The van der Waals surface area contributed by atoms with Crippen molar-refractivity contribution in [2.24, 2.45) is 10.7 Å². The van der Waals surface area contributed by atoms with Gasteiger partial charge >= 0.3 is 0 Å². The molecular weight excluding hydrogens is 502 g/mol. The lowest BCUT2D eigenvalue weighted by molar-refractivity contribution is -0.127. The summed E-state index contributed by atoms with van der Waals surface area (Å²) in [6.07, 6.45) is 3.17. The Morgan fingerprint density at radius 3 is 2.42 bits per heavy atom. The van der Waals surface area contributed by atoms with E-state index in [2.05, 4.69) is 11.9 Å². The quantitative estimate of drug-likeness (QED) is 0.386. The molecule has 5 rings (SSSR count). The average molecular weight is 538 g/mol. The van der Waals surface area contributed by atoms with Crippen LogP contribution in [0.1, 0.15) is 47.7 Å². The van der Waals surface area contributed by atoms with Gasteiger partial charge in [-0.1, -0.05) is 43.3 Å². The van der Waals surface area contributed by atoms with Crippen molar-refractivity contribution >= 4 is 35.1 Å². The number of aliphatic hydroxyl groups is 1. The van der Waals surface area contributed by atoms with Crippen LogP contribution in [-0.4, -0.2) is 58.3 Å². The van der Waals surface area contributed by atoms with Gasteiger partial charge in [0.1, 0.15) is 5.84 Å². The summed E-state index contributed by atoms with van der Waals surface area (Å²) in [5.41, 5.74) is 18.4. The van der Waals surface area contributed by atoms with Crippen LogP contribution in [0.5, 0.6) is 0 Å². The van der Waals surface area contributed by atoms with Crippen LogP contribution in [0.3, 0.4) is 0 Å². The number of nitrogens with two attached hydrogens (primary N) is 2. The summed E-state index contributed by atoms with van der Waals surface area (Å²) in [7, 11) is 0. The average Bonchev–Trinajstić information content (AvgIpc) is 3.32. The number of carbonyl (C=O) groups excluding carboxylic acids is 2. The third-order valence-corrected chi connectivity index (χ3v) is 7.32. The SMILES string of the molecule is CCCN(Cc1ccc(N)cc1)C(=O)C1=Cc2ccc(-c3ccc(C(=O)N4CC[C@@H](O)C4)cc3)cc2N=C(N)C1. The first-order valence-electron chi connectivity index (χ1n) is 13.7.